The maximum Gasteiger partial charge on any atom is 0.197 e. The standard InChI is InChI=1S/C6H10O6/c7-1-2-3(8)4(9)5(10)6(11)12-2/h2-3,5-8,10-11H,1H2/t2-,3-,5-,6-/m1/s1. The highest BCUT2D eigenvalue weighted by atomic mass is 16.6. The molecular formula is C6H10O6. The molecule has 1 saturated heterocycles. The second-order valence-corrected chi connectivity index (χ2v) is 2.54. The van der Waals surface area contributed by atoms with Crippen molar-refractivity contribution in [2.75, 3.05) is 6.61 Å². The second-order valence-electron chi connectivity index (χ2n) is 2.54. The normalized spacial score (nSPS) is 43.2. The number of carbonyl (C=O) groups excluding carboxylic acids is 1. The summed E-state index contributed by atoms with van der Waals surface area (Å²) in [7, 11) is 0. The van der Waals surface area contributed by atoms with E-state index in [1.807, 2.05) is 0 Å². The molecule has 4 N–H and O–H groups in total. The zero-order valence-electron chi connectivity index (χ0n) is 6.12. The van der Waals surface area contributed by atoms with Gasteiger partial charge in [-0.15, -0.1) is 0 Å². The molecule has 1 heterocycles. The van der Waals surface area contributed by atoms with Crippen molar-refractivity contribution in [2.45, 2.75) is 24.6 Å². The van der Waals surface area contributed by atoms with Crippen molar-refractivity contribution in [3.05, 3.63) is 0 Å². The van der Waals surface area contributed by atoms with E-state index >= 15 is 0 Å². The topological polar surface area (TPSA) is 107 Å². The highest BCUT2D eigenvalue weighted by Gasteiger charge is 2.42. The van der Waals surface area contributed by atoms with Crippen LogP contribution in [0.2, 0.25) is 0 Å². The summed E-state index contributed by atoms with van der Waals surface area (Å²) in [5.41, 5.74) is 0. The van der Waals surface area contributed by atoms with Crippen molar-refractivity contribution >= 4 is 5.78 Å². The molecule has 0 saturated carbocycles. The molecule has 6 nitrogen and oxygen atoms in total. The summed E-state index contributed by atoms with van der Waals surface area (Å²) >= 11 is 0. The van der Waals surface area contributed by atoms with Crippen LogP contribution in [0, 0.1) is 0 Å². The lowest BCUT2D eigenvalue weighted by atomic mass is 10.0. The molecular weight excluding hydrogens is 168 g/mol. The molecule has 0 unspecified atom stereocenters. The summed E-state index contributed by atoms with van der Waals surface area (Å²) in [5.74, 6) is -0.937. The third-order valence-electron chi connectivity index (χ3n) is 1.70. The van der Waals surface area contributed by atoms with E-state index in [1.54, 1.807) is 0 Å². The van der Waals surface area contributed by atoms with Crippen LogP contribution in [0.4, 0.5) is 0 Å². The van der Waals surface area contributed by atoms with Gasteiger partial charge in [0.2, 0.25) is 0 Å². The minimum atomic E-state index is -1.73. The number of Topliss-reactive ketones (excluding diaryl/α,β-unsaturated/α-hetero) is 1. The highest BCUT2D eigenvalue weighted by Crippen LogP contribution is 2.15. The SMILES string of the molecule is O=C1[C@@H](O)[C@H](O)O[C@H](CO)[C@H]1O. The van der Waals surface area contributed by atoms with Crippen molar-refractivity contribution in [3.63, 3.8) is 0 Å². The van der Waals surface area contributed by atoms with Gasteiger partial charge in [-0.25, -0.2) is 0 Å². The van der Waals surface area contributed by atoms with Crippen molar-refractivity contribution < 1.29 is 30.0 Å². The van der Waals surface area contributed by atoms with Crippen molar-refractivity contribution in [1.82, 2.24) is 0 Å². The molecule has 0 aromatic carbocycles. The first-order valence-electron chi connectivity index (χ1n) is 3.42. The lowest BCUT2D eigenvalue weighted by Gasteiger charge is -2.32. The van der Waals surface area contributed by atoms with Gasteiger partial charge in [-0.1, -0.05) is 0 Å². The van der Waals surface area contributed by atoms with E-state index in [0.29, 0.717) is 0 Å². The zero-order valence-corrected chi connectivity index (χ0v) is 6.12. The van der Waals surface area contributed by atoms with Crippen LogP contribution in [0.1, 0.15) is 0 Å². The summed E-state index contributed by atoms with van der Waals surface area (Å²) in [6.45, 7) is -0.587. The van der Waals surface area contributed by atoms with Gasteiger partial charge in [-0.3, -0.25) is 4.79 Å². The Morgan fingerprint density at radius 1 is 1.25 bits per heavy atom. The van der Waals surface area contributed by atoms with Crippen LogP contribution in [0.15, 0.2) is 0 Å². The average molecular weight is 178 g/mol. The van der Waals surface area contributed by atoms with Gasteiger partial charge >= 0.3 is 0 Å². The molecule has 0 bridgehead atoms. The fraction of sp³-hybridized carbons (Fsp3) is 0.833. The Labute approximate surface area is 68.0 Å². The predicted octanol–water partition coefficient (Wildman–Crippen LogP) is -3.01. The molecule has 4 atom stereocenters. The fourth-order valence-corrected chi connectivity index (χ4v) is 0.969. The summed E-state index contributed by atoms with van der Waals surface area (Å²) < 4.78 is 4.52. The van der Waals surface area contributed by atoms with E-state index in [1.165, 1.54) is 0 Å². The first-order valence-corrected chi connectivity index (χ1v) is 3.42. The number of ether oxygens (including phenoxy) is 1. The lowest BCUT2D eigenvalue weighted by Crippen LogP contribution is -2.55. The van der Waals surface area contributed by atoms with Crippen LogP contribution >= 0.6 is 0 Å². The van der Waals surface area contributed by atoms with Crippen LogP contribution in [-0.2, 0) is 9.53 Å². The summed E-state index contributed by atoms with van der Waals surface area (Å²) in [6.07, 6.45) is -6.13. The maximum absolute atomic E-state index is 10.9. The molecule has 1 aliphatic heterocycles. The van der Waals surface area contributed by atoms with Gasteiger partial charge in [-0.05, 0) is 0 Å². The third kappa shape index (κ3) is 1.47. The van der Waals surface area contributed by atoms with Crippen molar-refractivity contribution in [3.8, 4) is 0 Å². The summed E-state index contributed by atoms with van der Waals surface area (Å²) in [4.78, 5) is 10.9. The van der Waals surface area contributed by atoms with Gasteiger partial charge in [0.1, 0.15) is 12.2 Å². The number of rotatable bonds is 1. The van der Waals surface area contributed by atoms with Crippen LogP contribution < -0.4 is 0 Å². The first kappa shape index (κ1) is 9.56. The Morgan fingerprint density at radius 2 is 1.83 bits per heavy atom. The number of aliphatic hydroxyl groups excluding tert-OH is 4. The molecule has 0 aromatic heterocycles. The Morgan fingerprint density at radius 3 is 2.33 bits per heavy atom. The maximum atomic E-state index is 10.9. The molecule has 1 fully saturated rings. The monoisotopic (exact) mass is 178 g/mol. The molecule has 0 aromatic rings. The largest absolute Gasteiger partial charge is 0.394 e. The Hall–Kier alpha value is -0.530. The van der Waals surface area contributed by atoms with Crippen LogP contribution in [0.25, 0.3) is 0 Å². The van der Waals surface area contributed by atoms with Gasteiger partial charge in [-0.2, -0.15) is 0 Å². The van der Waals surface area contributed by atoms with Crippen LogP contribution in [0.5, 0.6) is 0 Å². The minimum absolute atomic E-state index is 0.587. The zero-order chi connectivity index (χ0) is 9.30. The molecule has 0 spiro atoms. The molecule has 12 heavy (non-hydrogen) atoms. The van der Waals surface area contributed by atoms with Crippen LogP contribution in [0.3, 0.4) is 0 Å². The Balaban J connectivity index is 2.70. The fourth-order valence-electron chi connectivity index (χ4n) is 0.969. The van der Waals surface area contributed by atoms with Crippen LogP contribution in [-0.4, -0.2) is 57.4 Å². The molecule has 0 radical (unpaired) electrons. The molecule has 6 heteroatoms. The van der Waals surface area contributed by atoms with Crippen molar-refractivity contribution in [2.24, 2.45) is 0 Å². The molecule has 70 valence electrons. The Kier molecular flexibility index (Phi) is 2.76. The Bertz CT molecular complexity index is 181. The average Bonchev–Trinajstić information content (AvgIpc) is 2.08. The number of hydrogen-bond acceptors (Lipinski definition) is 6. The number of aliphatic hydroxyl groups is 4. The molecule has 0 aliphatic carbocycles. The van der Waals surface area contributed by atoms with Gasteiger partial charge < -0.3 is 25.2 Å². The molecule has 1 aliphatic rings. The van der Waals surface area contributed by atoms with E-state index in [9.17, 15) is 4.79 Å². The second kappa shape index (κ2) is 3.46. The first-order chi connectivity index (χ1) is 5.57. The van der Waals surface area contributed by atoms with Gasteiger partial charge in [0.15, 0.2) is 18.2 Å². The predicted molar refractivity (Wildman–Crippen MR) is 35.0 cm³/mol. The van der Waals surface area contributed by atoms with E-state index in [4.69, 9.17) is 20.4 Å². The van der Waals surface area contributed by atoms with E-state index in [0.717, 1.165) is 0 Å². The number of ketones is 1. The van der Waals surface area contributed by atoms with Gasteiger partial charge in [0.25, 0.3) is 0 Å². The molecule has 1 rings (SSSR count). The number of carbonyl (C=O) groups is 1. The quantitative estimate of drug-likeness (QED) is 0.340. The highest BCUT2D eigenvalue weighted by molar-refractivity contribution is 5.88. The minimum Gasteiger partial charge on any atom is -0.394 e. The molecule has 0 amide bonds. The van der Waals surface area contributed by atoms with E-state index in [-0.39, 0.29) is 0 Å². The summed E-state index contributed by atoms with van der Waals surface area (Å²) in [6, 6.07) is 0. The van der Waals surface area contributed by atoms with Gasteiger partial charge in [0.05, 0.1) is 6.61 Å². The summed E-state index contributed by atoms with van der Waals surface area (Å²) in [5, 5.41) is 35.3. The third-order valence-corrected chi connectivity index (χ3v) is 1.70. The van der Waals surface area contributed by atoms with Gasteiger partial charge in [0, 0.05) is 0 Å². The smallest absolute Gasteiger partial charge is 0.197 e. The lowest BCUT2D eigenvalue weighted by molar-refractivity contribution is -0.238. The number of hydrogen-bond donors (Lipinski definition) is 4. The van der Waals surface area contributed by atoms with E-state index < -0.39 is 37.0 Å². The van der Waals surface area contributed by atoms with E-state index in [2.05, 4.69) is 4.74 Å². The van der Waals surface area contributed by atoms with Crippen molar-refractivity contribution in [1.29, 1.82) is 0 Å².